The number of fused-ring (bicyclic) bond motifs is 1. The summed E-state index contributed by atoms with van der Waals surface area (Å²) in [5.74, 6) is -5.46. The number of primary amides is 1. The number of halogens is 6. The lowest BCUT2D eigenvalue weighted by molar-refractivity contribution is -0.143. The highest BCUT2D eigenvalue weighted by atomic mass is 19.4. The molecule has 0 bridgehead atoms. The number of nitrogens with two attached hydrogens (primary N) is 1. The highest BCUT2D eigenvalue weighted by molar-refractivity contribution is 5.94. The van der Waals surface area contributed by atoms with Crippen molar-refractivity contribution in [2.45, 2.75) is 45.1 Å². The van der Waals surface area contributed by atoms with Crippen molar-refractivity contribution in [2.24, 2.45) is 5.73 Å². The van der Waals surface area contributed by atoms with Gasteiger partial charge in [-0.25, -0.2) is 13.2 Å². The Balaban J connectivity index is 1.45. The van der Waals surface area contributed by atoms with E-state index in [0.29, 0.717) is 22.9 Å². The number of hydrogen-bond acceptors (Lipinski definition) is 5. The van der Waals surface area contributed by atoms with Crippen molar-refractivity contribution in [3.63, 3.8) is 0 Å². The quantitative estimate of drug-likeness (QED) is 0.260. The van der Waals surface area contributed by atoms with Crippen molar-refractivity contribution in [1.82, 2.24) is 25.0 Å². The van der Waals surface area contributed by atoms with Gasteiger partial charge in [0, 0.05) is 42.8 Å². The second-order valence-corrected chi connectivity index (χ2v) is 10.8. The Hall–Kier alpha value is -5.21. The lowest BCUT2D eigenvalue weighted by Crippen LogP contribution is -2.33. The van der Waals surface area contributed by atoms with Crippen LogP contribution in [-0.2, 0) is 41.8 Å². The zero-order valence-electron chi connectivity index (χ0n) is 24.2. The smallest absolute Gasteiger partial charge is 0.366 e. The zero-order chi connectivity index (χ0) is 33.3. The molecule has 0 spiro atoms. The first-order valence-electron chi connectivity index (χ1n) is 13.9. The summed E-state index contributed by atoms with van der Waals surface area (Å²) in [4.78, 5) is 42.4. The molecule has 3 heterocycles. The molecule has 0 saturated heterocycles. The predicted octanol–water partition coefficient (Wildman–Crippen LogP) is 4.48. The number of nitrogens with zero attached hydrogens (tertiary/aromatic N) is 4. The minimum Gasteiger partial charge on any atom is -0.366 e. The number of rotatable bonds is 9. The van der Waals surface area contributed by atoms with Crippen LogP contribution < -0.4 is 11.1 Å². The van der Waals surface area contributed by atoms with Gasteiger partial charge in [0.2, 0.25) is 11.8 Å². The van der Waals surface area contributed by atoms with E-state index in [1.807, 2.05) is 0 Å². The van der Waals surface area contributed by atoms with Crippen LogP contribution in [0.5, 0.6) is 0 Å². The summed E-state index contributed by atoms with van der Waals surface area (Å²) in [6, 6.07) is 9.78. The molecule has 0 fully saturated rings. The monoisotopic (exact) mass is 644 g/mol. The van der Waals surface area contributed by atoms with E-state index in [-0.39, 0.29) is 48.4 Å². The number of aromatic nitrogens is 3. The molecular weight excluding hydrogens is 618 g/mol. The van der Waals surface area contributed by atoms with Gasteiger partial charge in [0.15, 0.2) is 5.69 Å². The molecule has 15 heteroatoms. The summed E-state index contributed by atoms with van der Waals surface area (Å²) in [5, 5.41) is 6.27. The molecule has 2 aromatic carbocycles. The number of carbonyl (C=O) groups is 3. The normalized spacial score (nSPS) is 13.4. The number of alkyl halides is 3. The summed E-state index contributed by atoms with van der Waals surface area (Å²) in [5.41, 5.74) is 4.93. The van der Waals surface area contributed by atoms with Crippen LogP contribution in [0.2, 0.25) is 0 Å². The molecule has 3 N–H and O–H groups in total. The molecule has 5 rings (SSSR count). The highest BCUT2D eigenvalue weighted by Gasteiger charge is 2.42. The summed E-state index contributed by atoms with van der Waals surface area (Å²) in [6.45, 7) is -0.0328. The third-order valence-corrected chi connectivity index (χ3v) is 7.58. The largest absolute Gasteiger partial charge is 0.435 e. The average molecular weight is 645 g/mol. The molecule has 9 nitrogen and oxygen atoms in total. The topological polar surface area (TPSA) is 123 Å². The second-order valence-electron chi connectivity index (χ2n) is 10.8. The number of nitrogens with one attached hydrogen (secondary N) is 1. The van der Waals surface area contributed by atoms with Crippen LogP contribution in [-0.4, -0.2) is 43.9 Å². The molecule has 1 unspecified atom stereocenters. The first kappa shape index (κ1) is 32.2. The van der Waals surface area contributed by atoms with Crippen molar-refractivity contribution in [3.05, 3.63) is 106 Å². The van der Waals surface area contributed by atoms with Crippen LogP contribution in [0.15, 0.2) is 54.7 Å². The third kappa shape index (κ3) is 6.87. The lowest BCUT2D eigenvalue weighted by Gasteiger charge is -2.21. The fourth-order valence-corrected chi connectivity index (χ4v) is 5.46. The number of carbonyl (C=O) groups excluding carboxylic acids is 3. The maximum absolute atomic E-state index is 14.2. The van der Waals surface area contributed by atoms with Gasteiger partial charge < -0.3 is 16.0 Å². The molecule has 46 heavy (non-hydrogen) atoms. The van der Waals surface area contributed by atoms with E-state index in [9.17, 15) is 40.7 Å². The van der Waals surface area contributed by atoms with Crippen molar-refractivity contribution in [1.29, 1.82) is 0 Å². The molecular formula is C31H26F6N6O3. The minimum atomic E-state index is -4.81. The van der Waals surface area contributed by atoms with E-state index < -0.39 is 59.5 Å². The van der Waals surface area contributed by atoms with E-state index in [0.717, 1.165) is 22.9 Å². The molecule has 4 aromatic rings. The molecule has 0 saturated carbocycles. The van der Waals surface area contributed by atoms with Gasteiger partial charge in [0.25, 0.3) is 5.91 Å². The van der Waals surface area contributed by atoms with E-state index in [1.54, 1.807) is 12.1 Å². The zero-order valence-corrected chi connectivity index (χ0v) is 24.2. The lowest BCUT2D eigenvalue weighted by atomic mass is 9.89. The summed E-state index contributed by atoms with van der Waals surface area (Å²) in [7, 11) is 0. The van der Waals surface area contributed by atoms with Crippen LogP contribution >= 0.6 is 0 Å². The van der Waals surface area contributed by atoms with Crippen molar-refractivity contribution in [3.8, 4) is 11.1 Å². The Morgan fingerprint density at radius 3 is 2.39 bits per heavy atom. The average Bonchev–Trinajstić information content (AvgIpc) is 3.55. The van der Waals surface area contributed by atoms with Crippen molar-refractivity contribution in [2.75, 3.05) is 6.54 Å². The predicted molar refractivity (Wildman–Crippen MR) is 151 cm³/mol. The Morgan fingerprint density at radius 2 is 1.74 bits per heavy atom. The van der Waals surface area contributed by atoms with Gasteiger partial charge in [-0.15, -0.1) is 0 Å². The second kappa shape index (κ2) is 12.7. The van der Waals surface area contributed by atoms with Crippen molar-refractivity contribution < 1.29 is 40.7 Å². The van der Waals surface area contributed by atoms with E-state index >= 15 is 0 Å². The van der Waals surface area contributed by atoms with Crippen LogP contribution in [0.3, 0.4) is 0 Å². The van der Waals surface area contributed by atoms with Crippen LogP contribution in [0.4, 0.5) is 26.3 Å². The minimum absolute atomic E-state index is 0.0498. The van der Waals surface area contributed by atoms with Gasteiger partial charge in [0.05, 0.1) is 30.0 Å². The summed E-state index contributed by atoms with van der Waals surface area (Å²) in [6.07, 6.45) is -3.43. The Kier molecular flexibility index (Phi) is 8.85. The maximum atomic E-state index is 14.2. The van der Waals surface area contributed by atoms with Gasteiger partial charge in [-0.2, -0.15) is 18.3 Å². The first-order chi connectivity index (χ1) is 21.7. The molecule has 1 aliphatic heterocycles. The van der Waals surface area contributed by atoms with E-state index in [4.69, 9.17) is 5.73 Å². The molecule has 240 valence electrons. The molecule has 0 aliphatic carbocycles. The molecule has 3 amide bonds. The Morgan fingerprint density at radius 1 is 1.02 bits per heavy atom. The Bertz CT molecular complexity index is 1820. The standard InChI is InChI=1S/C31H26F6N6O3/c1-16(44)42-13-24-26(14-42)43(41-29(24)31(35,36)37)15-27(45)40-12-19(7-17-8-20(32)11-21(33)9-17)28-22(3-2-6-39-28)18-4-5-25(34)23(10-18)30(38)46/h2-6,8-11,19H,7,12-15H2,1H3,(H2,38,46)(H,40,45). The first-order valence-corrected chi connectivity index (χ1v) is 13.9. The number of hydrogen-bond donors (Lipinski definition) is 2. The van der Waals surface area contributed by atoms with E-state index in [2.05, 4.69) is 15.4 Å². The Labute approximate surface area is 258 Å². The van der Waals surface area contributed by atoms with Gasteiger partial charge >= 0.3 is 6.18 Å². The number of pyridine rings is 1. The summed E-state index contributed by atoms with van der Waals surface area (Å²) < 4.78 is 84.5. The van der Waals surface area contributed by atoms with Crippen LogP contribution in [0.1, 0.15) is 51.4 Å². The maximum Gasteiger partial charge on any atom is 0.435 e. The molecule has 2 aromatic heterocycles. The van der Waals surface area contributed by atoms with Gasteiger partial charge in [-0.05, 0) is 47.9 Å². The molecule has 0 radical (unpaired) electrons. The fraction of sp³-hybridized carbons (Fsp3) is 0.258. The van der Waals surface area contributed by atoms with Gasteiger partial charge in [-0.1, -0.05) is 12.1 Å². The fourth-order valence-electron chi connectivity index (χ4n) is 5.46. The number of amides is 3. The summed E-state index contributed by atoms with van der Waals surface area (Å²) >= 11 is 0. The highest BCUT2D eigenvalue weighted by Crippen LogP contribution is 2.37. The molecule has 1 atom stereocenters. The van der Waals surface area contributed by atoms with Gasteiger partial charge in [-0.3, -0.25) is 24.0 Å². The van der Waals surface area contributed by atoms with Crippen LogP contribution in [0, 0.1) is 17.5 Å². The van der Waals surface area contributed by atoms with Crippen molar-refractivity contribution >= 4 is 17.7 Å². The third-order valence-electron chi connectivity index (χ3n) is 7.58. The van der Waals surface area contributed by atoms with Crippen LogP contribution in [0.25, 0.3) is 11.1 Å². The van der Waals surface area contributed by atoms with E-state index in [1.165, 1.54) is 30.2 Å². The van der Waals surface area contributed by atoms with Gasteiger partial charge in [0.1, 0.15) is 24.0 Å². The molecule has 1 aliphatic rings. The number of benzene rings is 2. The SMILES string of the molecule is CC(=O)N1Cc2c(C(F)(F)F)nn(CC(=O)NCC(Cc3cc(F)cc(F)c3)c3ncccc3-c3ccc(F)c(C(N)=O)c3)c2C1.